The lowest BCUT2D eigenvalue weighted by molar-refractivity contribution is 0.201. The van der Waals surface area contributed by atoms with Gasteiger partial charge in [0.15, 0.2) is 0 Å². The monoisotopic (exact) mass is 198 g/mol. The van der Waals surface area contributed by atoms with Crippen molar-refractivity contribution in [2.75, 3.05) is 5.75 Å². The molecule has 2 rings (SSSR count). The molecule has 3 heteroatoms. The molecular formula is C10H11FOS. The number of hydrogen-bond donors (Lipinski definition) is 1. The summed E-state index contributed by atoms with van der Waals surface area (Å²) in [5, 5.41) is 9.62. The highest BCUT2D eigenvalue weighted by Crippen LogP contribution is 2.33. The third-order valence-corrected chi connectivity index (χ3v) is 3.40. The van der Waals surface area contributed by atoms with E-state index in [1.54, 1.807) is 11.8 Å². The smallest absolute Gasteiger partial charge is 0.123 e. The van der Waals surface area contributed by atoms with Crippen molar-refractivity contribution in [3.8, 4) is 0 Å². The predicted octanol–water partition coefficient (Wildman–Crippen LogP) is 2.41. The zero-order valence-electron chi connectivity index (χ0n) is 7.38. The summed E-state index contributed by atoms with van der Waals surface area (Å²) >= 11 is 1.69. The number of benzene rings is 1. The van der Waals surface area contributed by atoms with E-state index in [0.717, 1.165) is 22.4 Å². The Bertz CT molecular complexity index is 338. The van der Waals surface area contributed by atoms with Crippen molar-refractivity contribution < 1.29 is 9.50 Å². The Balaban J connectivity index is 2.56. The van der Waals surface area contributed by atoms with E-state index >= 15 is 0 Å². The minimum Gasteiger partial charge on any atom is -0.388 e. The lowest BCUT2D eigenvalue weighted by atomic mass is 9.99. The highest BCUT2D eigenvalue weighted by Gasteiger charge is 2.20. The predicted molar refractivity (Wildman–Crippen MR) is 52.3 cm³/mol. The highest BCUT2D eigenvalue weighted by molar-refractivity contribution is 7.98. The van der Waals surface area contributed by atoms with Crippen molar-refractivity contribution in [3.63, 3.8) is 0 Å². The molecule has 13 heavy (non-hydrogen) atoms. The van der Waals surface area contributed by atoms with Crippen molar-refractivity contribution >= 4 is 11.8 Å². The van der Waals surface area contributed by atoms with Crippen LogP contribution < -0.4 is 0 Å². The van der Waals surface area contributed by atoms with Crippen LogP contribution in [0.3, 0.4) is 0 Å². The molecule has 1 nitrogen and oxygen atoms in total. The van der Waals surface area contributed by atoms with Crippen molar-refractivity contribution in [2.24, 2.45) is 0 Å². The van der Waals surface area contributed by atoms with Gasteiger partial charge in [0.2, 0.25) is 0 Å². The molecule has 0 spiro atoms. The second-order valence-electron chi connectivity index (χ2n) is 3.32. The van der Waals surface area contributed by atoms with Crippen molar-refractivity contribution in [1.82, 2.24) is 0 Å². The second-order valence-corrected chi connectivity index (χ2v) is 4.35. The van der Waals surface area contributed by atoms with Crippen molar-refractivity contribution in [1.29, 1.82) is 0 Å². The van der Waals surface area contributed by atoms with Gasteiger partial charge in [0.1, 0.15) is 5.82 Å². The first kappa shape index (κ1) is 9.03. The third kappa shape index (κ3) is 1.58. The molecule has 0 unspecified atom stereocenters. The standard InChI is InChI=1S/C10H11FOS/c1-6-2-7(11)3-8-9(6)4-13-5-10(8)12/h2-3,10,12H,4-5H2,1H3/t10-/m0/s1. The zero-order valence-corrected chi connectivity index (χ0v) is 8.20. The molecule has 1 aromatic carbocycles. The Morgan fingerprint density at radius 3 is 3.08 bits per heavy atom. The number of aryl methyl sites for hydroxylation is 1. The van der Waals surface area contributed by atoms with Gasteiger partial charge in [0, 0.05) is 11.5 Å². The summed E-state index contributed by atoms with van der Waals surface area (Å²) in [4.78, 5) is 0. The van der Waals surface area contributed by atoms with Crippen LogP contribution >= 0.6 is 11.8 Å². The van der Waals surface area contributed by atoms with Crippen LogP contribution in [0.15, 0.2) is 12.1 Å². The second kappa shape index (κ2) is 3.31. The fourth-order valence-electron chi connectivity index (χ4n) is 1.66. The lowest BCUT2D eigenvalue weighted by Crippen LogP contribution is -2.11. The summed E-state index contributed by atoms with van der Waals surface area (Å²) in [6.07, 6.45) is -0.497. The minimum atomic E-state index is -0.497. The van der Waals surface area contributed by atoms with Crippen LogP contribution in [0.25, 0.3) is 0 Å². The van der Waals surface area contributed by atoms with Crippen LogP contribution in [-0.2, 0) is 5.75 Å². The fraction of sp³-hybridized carbons (Fsp3) is 0.400. The number of aliphatic hydroxyl groups is 1. The lowest BCUT2D eigenvalue weighted by Gasteiger charge is -2.22. The van der Waals surface area contributed by atoms with Gasteiger partial charge in [-0.3, -0.25) is 0 Å². The third-order valence-electron chi connectivity index (χ3n) is 2.35. The van der Waals surface area contributed by atoms with Gasteiger partial charge in [-0.1, -0.05) is 0 Å². The van der Waals surface area contributed by atoms with E-state index in [2.05, 4.69) is 0 Å². The van der Waals surface area contributed by atoms with Crippen LogP contribution in [0.2, 0.25) is 0 Å². The van der Waals surface area contributed by atoms with Gasteiger partial charge in [0.25, 0.3) is 0 Å². The maximum Gasteiger partial charge on any atom is 0.123 e. The Hall–Kier alpha value is -0.540. The van der Waals surface area contributed by atoms with Gasteiger partial charge < -0.3 is 5.11 Å². The molecular weight excluding hydrogens is 187 g/mol. The van der Waals surface area contributed by atoms with Gasteiger partial charge in [0.05, 0.1) is 6.10 Å². The molecule has 1 atom stereocenters. The van der Waals surface area contributed by atoms with E-state index < -0.39 is 6.10 Å². The molecule has 1 aromatic rings. The van der Waals surface area contributed by atoms with Gasteiger partial charge in [-0.15, -0.1) is 0 Å². The quantitative estimate of drug-likeness (QED) is 0.690. The first-order valence-electron chi connectivity index (χ1n) is 4.23. The molecule has 0 aliphatic carbocycles. The SMILES string of the molecule is Cc1cc(F)cc2c1CSC[C@@H]2O. The van der Waals surface area contributed by atoms with Crippen molar-refractivity contribution in [2.45, 2.75) is 18.8 Å². The summed E-state index contributed by atoms with van der Waals surface area (Å²) in [5.41, 5.74) is 2.82. The molecule has 0 bridgehead atoms. The summed E-state index contributed by atoms with van der Waals surface area (Å²) < 4.78 is 13.0. The van der Waals surface area contributed by atoms with Gasteiger partial charge >= 0.3 is 0 Å². The highest BCUT2D eigenvalue weighted by atomic mass is 32.2. The van der Waals surface area contributed by atoms with E-state index in [1.807, 2.05) is 6.92 Å². The molecule has 0 saturated carbocycles. The maximum absolute atomic E-state index is 13.0. The van der Waals surface area contributed by atoms with Crippen LogP contribution in [0.5, 0.6) is 0 Å². The van der Waals surface area contributed by atoms with Crippen LogP contribution in [0, 0.1) is 12.7 Å². The van der Waals surface area contributed by atoms with E-state index in [1.165, 1.54) is 12.1 Å². The molecule has 0 saturated heterocycles. The molecule has 0 aromatic heterocycles. The van der Waals surface area contributed by atoms with E-state index in [9.17, 15) is 9.50 Å². The Morgan fingerprint density at radius 2 is 2.31 bits per heavy atom. The number of fused-ring (bicyclic) bond motifs is 1. The molecule has 70 valence electrons. The average molecular weight is 198 g/mol. The van der Waals surface area contributed by atoms with Gasteiger partial charge in [-0.2, -0.15) is 11.8 Å². The van der Waals surface area contributed by atoms with E-state index in [-0.39, 0.29) is 5.82 Å². The number of hydrogen-bond acceptors (Lipinski definition) is 2. The number of rotatable bonds is 0. The van der Waals surface area contributed by atoms with Gasteiger partial charge in [-0.05, 0) is 35.7 Å². The topological polar surface area (TPSA) is 20.2 Å². The van der Waals surface area contributed by atoms with Crippen molar-refractivity contribution in [3.05, 3.63) is 34.6 Å². The Kier molecular flexibility index (Phi) is 2.30. The molecule has 0 amide bonds. The average Bonchev–Trinajstić information content (AvgIpc) is 2.07. The minimum absolute atomic E-state index is 0.248. The first-order chi connectivity index (χ1) is 6.18. The van der Waals surface area contributed by atoms with E-state index in [0.29, 0.717) is 5.75 Å². The van der Waals surface area contributed by atoms with Crippen LogP contribution in [0.4, 0.5) is 4.39 Å². The van der Waals surface area contributed by atoms with Crippen LogP contribution in [0.1, 0.15) is 22.8 Å². The summed E-state index contributed by atoms with van der Waals surface area (Å²) in [7, 11) is 0. The number of halogens is 1. The Labute approximate surface area is 81.0 Å². The normalized spacial score (nSPS) is 21.3. The molecule has 1 aliphatic heterocycles. The zero-order chi connectivity index (χ0) is 9.42. The van der Waals surface area contributed by atoms with Gasteiger partial charge in [-0.25, -0.2) is 4.39 Å². The molecule has 0 fully saturated rings. The molecule has 1 heterocycles. The first-order valence-corrected chi connectivity index (χ1v) is 5.38. The molecule has 0 radical (unpaired) electrons. The largest absolute Gasteiger partial charge is 0.388 e. The molecule has 1 aliphatic rings. The summed E-state index contributed by atoms with van der Waals surface area (Å²) in [5.74, 6) is 1.32. The van der Waals surface area contributed by atoms with E-state index in [4.69, 9.17) is 0 Å². The Morgan fingerprint density at radius 1 is 1.54 bits per heavy atom. The van der Waals surface area contributed by atoms with Crippen LogP contribution in [-0.4, -0.2) is 10.9 Å². The number of thioether (sulfide) groups is 1. The summed E-state index contributed by atoms with van der Waals surface area (Å²) in [6, 6.07) is 2.98. The maximum atomic E-state index is 13.0. The number of aliphatic hydroxyl groups excluding tert-OH is 1. The fourth-order valence-corrected chi connectivity index (χ4v) is 2.77. The summed E-state index contributed by atoms with van der Waals surface area (Å²) in [6.45, 7) is 1.89. The molecule has 1 N–H and O–H groups in total.